The first kappa shape index (κ1) is 19.3. The summed E-state index contributed by atoms with van der Waals surface area (Å²) in [7, 11) is 1.61. The fourth-order valence-electron chi connectivity index (χ4n) is 2.26. The zero-order valence-corrected chi connectivity index (χ0v) is 15.9. The summed E-state index contributed by atoms with van der Waals surface area (Å²) < 4.78 is 30.0. The first-order valence-corrected chi connectivity index (χ1v) is 9.57. The van der Waals surface area contributed by atoms with Crippen LogP contribution in [0.2, 0.25) is 0 Å². The van der Waals surface area contributed by atoms with Crippen molar-refractivity contribution < 1.29 is 18.3 Å². The van der Waals surface area contributed by atoms with Crippen LogP contribution >= 0.6 is 23.1 Å². The molecule has 2 heterocycles. The van der Waals surface area contributed by atoms with Gasteiger partial charge in [-0.3, -0.25) is 14.2 Å². The molecule has 0 radical (unpaired) electrons. The standard InChI is InChI=1S/C17H15F2N3O3S2/c1-9(13(23)20-10-3-5-11(6-4-10)25-16(18)19)27-17-21-14-12(7-8-26-14)15(24)22(17)2/h3-9,16H,1-2H3,(H,20,23). The average molecular weight is 411 g/mol. The van der Waals surface area contributed by atoms with Crippen LogP contribution in [0.1, 0.15) is 6.92 Å². The molecule has 0 aliphatic heterocycles. The fraction of sp³-hybridized carbons (Fsp3) is 0.235. The number of thioether (sulfide) groups is 1. The van der Waals surface area contributed by atoms with E-state index in [4.69, 9.17) is 0 Å². The molecule has 27 heavy (non-hydrogen) atoms. The Bertz CT molecular complexity index is 1020. The maximum absolute atomic E-state index is 12.4. The number of amides is 1. The zero-order valence-electron chi connectivity index (χ0n) is 14.3. The maximum atomic E-state index is 12.4. The fourth-order valence-corrected chi connectivity index (χ4v) is 3.94. The Morgan fingerprint density at radius 2 is 2.00 bits per heavy atom. The van der Waals surface area contributed by atoms with E-state index in [1.807, 2.05) is 0 Å². The summed E-state index contributed by atoms with van der Waals surface area (Å²) in [5, 5.41) is 4.95. The molecule has 1 unspecified atom stereocenters. The first-order chi connectivity index (χ1) is 12.8. The molecule has 1 aromatic carbocycles. The molecule has 142 valence electrons. The quantitative estimate of drug-likeness (QED) is 0.494. The molecular weight excluding hydrogens is 396 g/mol. The van der Waals surface area contributed by atoms with Crippen molar-refractivity contribution in [2.24, 2.45) is 7.05 Å². The number of hydrogen-bond donors (Lipinski definition) is 1. The lowest BCUT2D eigenvalue weighted by atomic mass is 10.3. The van der Waals surface area contributed by atoms with Gasteiger partial charge in [-0.25, -0.2) is 4.98 Å². The lowest BCUT2D eigenvalue weighted by molar-refractivity contribution is -0.115. The van der Waals surface area contributed by atoms with Crippen molar-refractivity contribution in [3.05, 3.63) is 46.1 Å². The van der Waals surface area contributed by atoms with E-state index in [1.165, 1.54) is 40.2 Å². The van der Waals surface area contributed by atoms with E-state index >= 15 is 0 Å². The summed E-state index contributed by atoms with van der Waals surface area (Å²) in [4.78, 5) is 29.8. The number of halogens is 2. The molecule has 6 nitrogen and oxygen atoms in total. The van der Waals surface area contributed by atoms with Crippen molar-refractivity contribution >= 4 is 44.9 Å². The van der Waals surface area contributed by atoms with Crippen molar-refractivity contribution in [1.29, 1.82) is 0 Å². The number of anilines is 1. The number of nitrogens with zero attached hydrogens (tertiary/aromatic N) is 2. The summed E-state index contributed by atoms with van der Waals surface area (Å²) in [5.74, 6) is -0.295. The van der Waals surface area contributed by atoms with E-state index in [9.17, 15) is 18.4 Å². The molecule has 0 bridgehead atoms. The first-order valence-electron chi connectivity index (χ1n) is 7.82. The lowest BCUT2D eigenvalue weighted by Gasteiger charge is -2.14. The highest BCUT2D eigenvalue weighted by atomic mass is 32.2. The van der Waals surface area contributed by atoms with Gasteiger partial charge < -0.3 is 10.1 Å². The number of alkyl halides is 2. The predicted octanol–water partition coefficient (Wildman–Crippen LogP) is 3.72. The number of nitrogens with one attached hydrogen (secondary N) is 1. The average Bonchev–Trinajstić information content (AvgIpc) is 3.09. The van der Waals surface area contributed by atoms with Gasteiger partial charge in [-0.15, -0.1) is 11.3 Å². The number of carbonyl (C=O) groups is 1. The highest BCUT2D eigenvalue weighted by molar-refractivity contribution is 8.00. The van der Waals surface area contributed by atoms with Crippen LogP contribution in [-0.4, -0.2) is 27.3 Å². The summed E-state index contributed by atoms with van der Waals surface area (Å²) in [5.41, 5.74) is 0.288. The molecular formula is C17H15F2N3O3S2. The molecule has 0 saturated carbocycles. The third-order valence-electron chi connectivity index (χ3n) is 3.66. The molecule has 3 rings (SSSR count). The van der Waals surface area contributed by atoms with E-state index in [0.717, 1.165) is 11.8 Å². The third kappa shape index (κ3) is 4.45. The number of thiophene rings is 1. The van der Waals surface area contributed by atoms with Gasteiger partial charge in [-0.2, -0.15) is 8.78 Å². The Hall–Kier alpha value is -2.46. The zero-order chi connectivity index (χ0) is 19.6. The molecule has 0 fully saturated rings. The van der Waals surface area contributed by atoms with Gasteiger partial charge in [0.25, 0.3) is 5.56 Å². The smallest absolute Gasteiger partial charge is 0.387 e. The van der Waals surface area contributed by atoms with Gasteiger partial charge in [0, 0.05) is 12.7 Å². The van der Waals surface area contributed by atoms with Gasteiger partial charge in [-0.05, 0) is 42.6 Å². The summed E-state index contributed by atoms with van der Waals surface area (Å²) >= 11 is 2.53. The Morgan fingerprint density at radius 3 is 2.67 bits per heavy atom. The lowest BCUT2D eigenvalue weighted by Crippen LogP contribution is -2.25. The van der Waals surface area contributed by atoms with E-state index in [1.54, 1.807) is 25.4 Å². The van der Waals surface area contributed by atoms with Crippen LogP contribution in [0.4, 0.5) is 14.5 Å². The maximum Gasteiger partial charge on any atom is 0.387 e. The largest absolute Gasteiger partial charge is 0.435 e. The monoisotopic (exact) mass is 411 g/mol. The van der Waals surface area contributed by atoms with Gasteiger partial charge in [0.1, 0.15) is 10.6 Å². The number of carbonyl (C=O) groups excluding carboxylic acids is 1. The topological polar surface area (TPSA) is 73.2 Å². The van der Waals surface area contributed by atoms with Crippen molar-refractivity contribution in [1.82, 2.24) is 9.55 Å². The van der Waals surface area contributed by atoms with Gasteiger partial charge in [0.15, 0.2) is 5.16 Å². The van der Waals surface area contributed by atoms with E-state index in [0.29, 0.717) is 21.1 Å². The second-order valence-corrected chi connectivity index (χ2v) is 7.75. The second-order valence-electron chi connectivity index (χ2n) is 5.55. The second kappa shape index (κ2) is 8.05. The third-order valence-corrected chi connectivity index (χ3v) is 5.61. The van der Waals surface area contributed by atoms with Crippen molar-refractivity contribution in [3.8, 4) is 5.75 Å². The highest BCUT2D eigenvalue weighted by Crippen LogP contribution is 2.25. The number of ether oxygens (including phenoxy) is 1. The van der Waals surface area contributed by atoms with Crippen molar-refractivity contribution in [2.75, 3.05) is 5.32 Å². The number of benzene rings is 1. The van der Waals surface area contributed by atoms with Crippen molar-refractivity contribution in [2.45, 2.75) is 23.9 Å². The molecule has 2 aromatic heterocycles. The Balaban J connectivity index is 1.69. The van der Waals surface area contributed by atoms with Gasteiger partial charge in [0.05, 0.1) is 10.6 Å². The van der Waals surface area contributed by atoms with Crippen LogP contribution in [0.15, 0.2) is 45.7 Å². The molecule has 0 aliphatic carbocycles. The van der Waals surface area contributed by atoms with Crippen LogP contribution in [-0.2, 0) is 11.8 Å². The molecule has 1 atom stereocenters. The number of fused-ring (bicyclic) bond motifs is 1. The number of aromatic nitrogens is 2. The molecule has 0 aliphatic rings. The molecule has 0 saturated heterocycles. The summed E-state index contributed by atoms with van der Waals surface area (Å²) in [6, 6.07) is 7.35. The molecule has 10 heteroatoms. The molecule has 1 amide bonds. The minimum absolute atomic E-state index is 0.00822. The molecule has 3 aromatic rings. The van der Waals surface area contributed by atoms with Gasteiger partial charge in [0.2, 0.25) is 5.91 Å². The van der Waals surface area contributed by atoms with Crippen LogP contribution < -0.4 is 15.6 Å². The highest BCUT2D eigenvalue weighted by Gasteiger charge is 2.19. The van der Waals surface area contributed by atoms with Gasteiger partial charge in [-0.1, -0.05) is 11.8 Å². The number of rotatable bonds is 6. The van der Waals surface area contributed by atoms with E-state index < -0.39 is 11.9 Å². The van der Waals surface area contributed by atoms with E-state index in [-0.39, 0.29) is 17.2 Å². The van der Waals surface area contributed by atoms with Crippen molar-refractivity contribution in [3.63, 3.8) is 0 Å². The Morgan fingerprint density at radius 1 is 1.30 bits per heavy atom. The van der Waals surface area contributed by atoms with Crippen LogP contribution in [0, 0.1) is 0 Å². The minimum Gasteiger partial charge on any atom is -0.435 e. The Kier molecular flexibility index (Phi) is 5.76. The molecule has 0 spiro atoms. The van der Waals surface area contributed by atoms with Crippen LogP contribution in [0.25, 0.3) is 10.2 Å². The predicted molar refractivity (Wildman–Crippen MR) is 102 cm³/mol. The SMILES string of the molecule is CC(Sc1nc2sccc2c(=O)n1C)C(=O)Nc1ccc(OC(F)F)cc1. The van der Waals surface area contributed by atoms with Gasteiger partial charge >= 0.3 is 6.61 Å². The Labute approximate surface area is 161 Å². The minimum atomic E-state index is -2.90. The van der Waals surface area contributed by atoms with E-state index in [2.05, 4.69) is 15.0 Å². The van der Waals surface area contributed by atoms with Crippen LogP contribution in [0.5, 0.6) is 5.75 Å². The summed E-state index contributed by atoms with van der Waals surface area (Å²) in [6.45, 7) is -1.21. The normalized spacial score (nSPS) is 12.3. The number of hydrogen-bond acceptors (Lipinski definition) is 6. The molecule has 1 N–H and O–H groups in total. The van der Waals surface area contributed by atoms with Crippen LogP contribution in [0.3, 0.4) is 0 Å². The summed E-state index contributed by atoms with van der Waals surface area (Å²) in [6.07, 6.45) is 0.